The Morgan fingerprint density at radius 1 is 1.35 bits per heavy atom. The van der Waals surface area contributed by atoms with Gasteiger partial charge in [-0.25, -0.2) is 0 Å². The van der Waals surface area contributed by atoms with Crippen LogP contribution in [0.3, 0.4) is 0 Å². The fourth-order valence-electron chi connectivity index (χ4n) is 1.25. The van der Waals surface area contributed by atoms with Crippen molar-refractivity contribution in [1.82, 2.24) is 5.32 Å². The molecule has 1 rings (SSSR count). The van der Waals surface area contributed by atoms with E-state index in [1.807, 2.05) is 44.2 Å². The molecule has 0 saturated carbocycles. The topological polar surface area (TPSA) is 55.1 Å². The zero-order valence-electron chi connectivity index (χ0n) is 10.2. The van der Waals surface area contributed by atoms with E-state index in [-0.39, 0.29) is 11.3 Å². The van der Waals surface area contributed by atoms with Crippen LogP contribution in [0.15, 0.2) is 30.3 Å². The molecule has 0 radical (unpaired) electrons. The Morgan fingerprint density at radius 3 is 2.47 bits per heavy atom. The van der Waals surface area contributed by atoms with Crippen LogP contribution in [0.25, 0.3) is 0 Å². The lowest BCUT2D eigenvalue weighted by atomic mass is 9.93. The van der Waals surface area contributed by atoms with Crippen LogP contribution in [0, 0.1) is 5.41 Å². The zero-order chi connectivity index (χ0) is 12.9. The molecule has 1 amide bonds. The van der Waals surface area contributed by atoms with Crippen molar-refractivity contribution < 1.29 is 4.79 Å². The lowest BCUT2D eigenvalue weighted by Gasteiger charge is -2.23. The molecule has 0 aromatic heterocycles. The molecule has 0 aliphatic rings. The van der Waals surface area contributed by atoms with Crippen molar-refractivity contribution in [3.63, 3.8) is 0 Å². The van der Waals surface area contributed by atoms with Gasteiger partial charge in [0.1, 0.15) is 0 Å². The lowest BCUT2D eigenvalue weighted by molar-refractivity contribution is -0.120. The van der Waals surface area contributed by atoms with Crippen molar-refractivity contribution in [2.24, 2.45) is 11.1 Å². The zero-order valence-corrected chi connectivity index (χ0v) is 11.0. The van der Waals surface area contributed by atoms with E-state index < -0.39 is 0 Å². The van der Waals surface area contributed by atoms with E-state index in [2.05, 4.69) is 5.32 Å². The van der Waals surface area contributed by atoms with Gasteiger partial charge in [0, 0.05) is 12.0 Å². The summed E-state index contributed by atoms with van der Waals surface area (Å²) in [4.78, 5) is 12.1. The van der Waals surface area contributed by atoms with Crippen LogP contribution in [0.5, 0.6) is 0 Å². The molecule has 17 heavy (non-hydrogen) atoms. The van der Waals surface area contributed by atoms with Crippen molar-refractivity contribution in [2.45, 2.75) is 20.3 Å². The molecule has 1 aromatic carbocycles. The molecule has 0 saturated heterocycles. The Balaban J connectivity index is 2.44. The predicted octanol–water partition coefficient (Wildman–Crippen LogP) is 1.66. The van der Waals surface area contributed by atoms with Gasteiger partial charge in [-0.2, -0.15) is 0 Å². The van der Waals surface area contributed by atoms with Crippen molar-refractivity contribution in [2.75, 3.05) is 6.54 Å². The fraction of sp³-hybridized carbons (Fsp3) is 0.385. The molecular formula is C13H18N2OS. The molecule has 0 heterocycles. The van der Waals surface area contributed by atoms with E-state index in [0.29, 0.717) is 18.0 Å². The molecule has 0 bridgehead atoms. The maximum absolute atomic E-state index is 11.7. The van der Waals surface area contributed by atoms with Gasteiger partial charge in [0.15, 0.2) is 0 Å². The Morgan fingerprint density at radius 2 is 1.94 bits per heavy atom. The fourth-order valence-corrected chi connectivity index (χ4v) is 1.32. The summed E-state index contributed by atoms with van der Waals surface area (Å²) in [5, 5.41) is 2.85. The Kier molecular flexibility index (Phi) is 4.63. The Labute approximate surface area is 107 Å². The molecule has 0 aliphatic heterocycles. The minimum absolute atomic E-state index is 0.0134. The number of nitrogens with two attached hydrogens (primary N) is 1. The third-order valence-corrected chi connectivity index (χ3v) is 3.15. The Bertz CT molecular complexity index is 401. The summed E-state index contributed by atoms with van der Waals surface area (Å²) in [6.45, 7) is 4.30. The van der Waals surface area contributed by atoms with E-state index in [9.17, 15) is 4.79 Å². The average Bonchev–Trinajstić information content (AvgIpc) is 2.28. The van der Waals surface area contributed by atoms with Gasteiger partial charge < -0.3 is 11.1 Å². The SMILES string of the molecule is CC(C)(CNC(=O)Cc1ccccc1)C(N)=S. The summed E-state index contributed by atoms with van der Waals surface area (Å²) in [7, 11) is 0. The first-order chi connectivity index (χ1) is 7.92. The minimum atomic E-state index is -0.346. The lowest BCUT2D eigenvalue weighted by Crippen LogP contribution is -2.41. The van der Waals surface area contributed by atoms with Crippen LogP contribution >= 0.6 is 12.2 Å². The number of amides is 1. The van der Waals surface area contributed by atoms with Crippen molar-refractivity contribution in [3.8, 4) is 0 Å². The molecule has 92 valence electrons. The molecular weight excluding hydrogens is 232 g/mol. The molecule has 3 N–H and O–H groups in total. The molecule has 0 fully saturated rings. The molecule has 1 aromatic rings. The molecule has 4 heteroatoms. The van der Waals surface area contributed by atoms with Gasteiger partial charge in [-0.05, 0) is 5.56 Å². The van der Waals surface area contributed by atoms with Gasteiger partial charge >= 0.3 is 0 Å². The van der Waals surface area contributed by atoms with Crippen LogP contribution in [0.1, 0.15) is 19.4 Å². The van der Waals surface area contributed by atoms with Gasteiger partial charge in [-0.3, -0.25) is 4.79 Å². The molecule has 3 nitrogen and oxygen atoms in total. The summed E-state index contributed by atoms with van der Waals surface area (Å²) in [6.07, 6.45) is 0.383. The van der Waals surface area contributed by atoms with Gasteiger partial charge in [-0.1, -0.05) is 56.4 Å². The van der Waals surface area contributed by atoms with Crippen LogP contribution in [0.4, 0.5) is 0 Å². The summed E-state index contributed by atoms with van der Waals surface area (Å²) in [6, 6.07) is 9.62. The van der Waals surface area contributed by atoms with Crippen LogP contribution < -0.4 is 11.1 Å². The molecule has 0 aliphatic carbocycles. The third-order valence-electron chi connectivity index (χ3n) is 2.60. The first-order valence-electron chi connectivity index (χ1n) is 5.52. The number of thiocarbonyl (C=S) groups is 1. The van der Waals surface area contributed by atoms with Crippen molar-refractivity contribution in [3.05, 3.63) is 35.9 Å². The second kappa shape index (κ2) is 5.77. The first kappa shape index (κ1) is 13.6. The summed E-state index contributed by atoms with van der Waals surface area (Å²) in [5.74, 6) is -0.0134. The number of hydrogen-bond donors (Lipinski definition) is 2. The highest BCUT2D eigenvalue weighted by Gasteiger charge is 2.21. The highest BCUT2D eigenvalue weighted by atomic mass is 32.1. The van der Waals surface area contributed by atoms with E-state index in [1.165, 1.54) is 0 Å². The van der Waals surface area contributed by atoms with Gasteiger partial charge in [0.2, 0.25) is 5.91 Å². The quantitative estimate of drug-likeness (QED) is 0.781. The van der Waals surface area contributed by atoms with E-state index >= 15 is 0 Å². The number of carbonyl (C=O) groups is 1. The monoisotopic (exact) mass is 250 g/mol. The minimum Gasteiger partial charge on any atom is -0.393 e. The second-order valence-electron chi connectivity index (χ2n) is 4.69. The van der Waals surface area contributed by atoms with Crippen molar-refractivity contribution in [1.29, 1.82) is 0 Å². The van der Waals surface area contributed by atoms with Gasteiger partial charge in [-0.15, -0.1) is 0 Å². The van der Waals surface area contributed by atoms with E-state index in [0.717, 1.165) is 5.56 Å². The highest BCUT2D eigenvalue weighted by molar-refractivity contribution is 7.80. The third kappa shape index (κ3) is 4.53. The summed E-state index contributed by atoms with van der Waals surface area (Å²) < 4.78 is 0. The van der Waals surface area contributed by atoms with Crippen molar-refractivity contribution >= 4 is 23.1 Å². The predicted molar refractivity (Wildman–Crippen MR) is 73.7 cm³/mol. The highest BCUT2D eigenvalue weighted by Crippen LogP contribution is 2.13. The summed E-state index contributed by atoms with van der Waals surface area (Å²) >= 11 is 4.94. The number of carbonyl (C=O) groups excluding carboxylic acids is 1. The van der Waals surface area contributed by atoms with E-state index in [4.69, 9.17) is 18.0 Å². The molecule has 0 atom stereocenters. The van der Waals surface area contributed by atoms with Gasteiger partial charge in [0.25, 0.3) is 0 Å². The normalized spacial score (nSPS) is 10.9. The maximum atomic E-state index is 11.7. The number of rotatable bonds is 5. The standard InChI is InChI=1S/C13H18N2OS/c1-13(2,12(14)17)9-15-11(16)8-10-6-4-3-5-7-10/h3-7H,8-9H2,1-2H3,(H2,14,17)(H,15,16). The molecule has 0 unspecified atom stereocenters. The smallest absolute Gasteiger partial charge is 0.224 e. The second-order valence-corrected chi connectivity index (χ2v) is 5.13. The molecule has 0 spiro atoms. The van der Waals surface area contributed by atoms with Crippen LogP contribution in [-0.2, 0) is 11.2 Å². The maximum Gasteiger partial charge on any atom is 0.224 e. The first-order valence-corrected chi connectivity index (χ1v) is 5.93. The van der Waals surface area contributed by atoms with Gasteiger partial charge in [0.05, 0.1) is 11.4 Å². The largest absolute Gasteiger partial charge is 0.393 e. The van der Waals surface area contributed by atoms with Crippen LogP contribution in [-0.4, -0.2) is 17.4 Å². The number of benzene rings is 1. The summed E-state index contributed by atoms with van der Waals surface area (Å²) in [5.41, 5.74) is 6.24. The Hall–Kier alpha value is -1.42. The van der Waals surface area contributed by atoms with E-state index in [1.54, 1.807) is 0 Å². The average molecular weight is 250 g/mol. The number of nitrogens with one attached hydrogen (secondary N) is 1. The number of hydrogen-bond acceptors (Lipinski definition) is 2. The van der Waals surface area contributed by atoms with Crippen LogP contribution in [0.2, 0.25) is 0 Å².